The van der Waals surface area contributed by atoms with E-state index in [1.165, 1.54) is 3.97 Å². The maximum absolute atomic E-state index is 12.7. The van der Waals surface area contributed by atoms with Crippen molar-refractivity contribution in [1.82, 2.24) is 3.97 Å². The molecule has 3 rings (SSSR count). The fraction of sp³-hybridized carbons (Fsp3) is 0.0667. The number of hydrogen-bond acceptors (Lipinski definition) is 3. The highest BCUT2D eigenvalue weighted by molar-refractivity contribution is 7.98. The van der Waals surface area contributed by atoms with Crippen LogP contribution in [0.2, 0.25) is 0 Å². The maximum atomic E-state index is 12.7. The van der Waals surface area contributed by atoms with E-state index in [-0.39, 0.29) is 0 Å². The van der Waals surface area contributed by atoms with Crippen molar-refractivity contribution in [2.45, 2.75) is 9.79 Å². The molecule has 0 N–H and O–H groups in total. The van der Waals surface area contributed by atoms with E-state index in [0.29, 0.717) is 10.4 Å². The van der Waals surface area contributed by atoms with Gasteiger partial charge in [0.2, 0.25) is 0 Å². The molecule has 0 aliphatic heterocycles. The third-order valence-corrected chi connectivity index (χ3v) is 5.68. The Hall–Kier alpha value is -1.72. The Morgan fingerprint density at radius 2 is 1.70 bits per heavy atom. The molecule has 2 aromatic carbocycles. The minimum absolute atomic E-state index is 0.298. The van der Waals surface area contributed by atoms with Gasteiger partial charge in [-0.05, 0) is 36.6 Å². The molecule has 0 aliphatic carbocycles. The zero-order chi connectivity index (χ0) is 14.2. The highest BCUT2D eigenvalue weighted by atomic mass is 32.2. The van der Waals surface area contributed by atoms with Crippen molar-refractivity contribution in [2.24, 2.45) is 0 Å². The molecule has 3 nitrogen and oxygen atoms in total. The lowest BCUT2D eigenvalue weighted by atomic mass is 10.2. The highest BCUT2D eigenvalue weighted by Crippen LogP contribution is 2.29. The predicted molar refractivity (Wildman–Crippen MR) is 82.7 cm³/mol. The van der Waals surface area contributed by atoms with Crippen LogP contribution in [0.5, 0.6) is 0 Å². The van der Waals surface area contributed by atoms with Crippen LogP contribution in [-0.4, -0.2) is 18.6 Å². The molecule has 0 saturated carbocycles. The number of rotatable bonds is 3. The van der Waals surface area contributed by atoms with Crippen LogP contribution < -0.4 is 0 Å². The van der Waals surface area contributed by atoms with Crippen molar-refractivity contribution in [2.75, 3.05) is 6.26 Å². The first-order valence-corrected chi connectivity index (χ1v) is 8.76. The SMILES string of the molecule is CSc1cccc2c1ccn2S(=O)(=O)c1ccccc1. The van der Waals surface area contributed by atoms with Gasteiger partial charge in [0.1, 0.15) is 0 Å². The summed E-state index contributed by atoms with van der Waals surface area (Å²) in [6.07, 6.45) is 3.60. The normalized spacial score (nSPS) is 11.8. The standard InChI is InChI=1S/C15H13NO2S2/c1-19-15-9-5-8-14-13(15)10-11-16(14)20(17,18)12-6-3-2-4-7-12/h2-11H,1H3. The zero-order valence-electron chi connectivity index (χ0n) is 10.9. The van der Waals surface area contributed by atoms with Crippen molar-refractivity contribution >= 4 is 32.7 Å². The average Bonchev–Trinajstić information content (AvgIpc) is 2.92. The van der Waals surface area contributed by atoms with Crippen LogP contribution in [0.15, 0.2) is 70.6 Å². The first-order valence-electron chi connectivity index (χ1n) is 6.09. The molecule has 1 aromatic heterocycles. The minimum atomic E-state index is -3.54. The summed E-state index contributed by atoms with van der Waals surface area (Å²) >= 11 is 1.61. The van der Waals surface area contributed by atoms with Gasteiger partial charge in [0.15, 0.2) is 0 Å². The van der Waals surface area contributed by atoms with Crippen LogP contribution in [0, 0.1) is 0 Å². The fourth-order valence-corrected chi connectivity index (χ4v) is 4.18. The Morgan fingerprint density at radius 3 is 2.40 bits per heavy atom. The summed E-state index contributed by atoms with van der Waals surface area (Å²) in [6, 6.07) is 16.0. The van der Waals surface area contributed by atoms with Crippen LogP contribution in [0.4, 0.5) is 0 Å². The molecule has 0 aliphatic rings. The minimum Gasteiger partial charge on any atom is -0.241 e. The highest BCUT2D eigenvalue weighted by Gasteiger charge is 2.18. The Balaban J connectivity index is 2.26. The number of hydrogen-bond donors (Lipinski definition) is 0. The Morgan fingerprint density at radius 1 is 0.950 bits per heavy atom. The van der Waals surface area contributed by atoms with E-state index in [0.717, 1.165) is 10.3 Å². The fourth-order valence-electron chi connectivity index (χ4n) is 2.21. The van der Waals surface area contributed by atoms with Crippen molar-refractivity contribution in [3.05, 3.63) is 60.8 Å². The van der Waals surface area contributed by atoms with Gasteiger partial charge in [-0.2, -0.15) is 0 Å². The molecule has 20 heavy (non-hydrogen) atoms. The molecule has 1 heterocycles. The first kappa shape index (κ1) is 13.3. The van der Waals surface area contributed by atoms with Gasteiger partial charge in [-0.15, -0.1) is 11.8 Å². The van der Waals surface area contributed by atoms with Gasteiger partial charge in [-0.25, -0.2) is 12.4 Å². The van der Waals surface area contributed by atoms with Crippen LogP contribution in [0.25, 0.3) is 10.9 Å². The second kappa shape index (κ2) is 5.00. The van der Waals surface area contributed by atoms with Gasteiger partial charge in [0.05, 0.1) is 10.4 Å². The lowest BCUT2D eigenvalue weighted by Crippen LogP contribution is -2.11. The molecule has 0 bridgehead atoms. The third kappa shape index (κ3) is 2.03. The van der Waals surface area contributed by atoms with Gasteiger partial charge in [0, 0.05) is 16.5 Å². The van der Waals surface area contributed by atoms with E-state index in [1.807, 2.05) is 30.5 Å². The summed E-state index contributed by atoms with van der Waals surface area (Å²) in [5, 5.41) is 0.958. The van der Waals surface area contributed by atoms with E-state index >= 15 is 0 Å². The summed E-state index contributed by atoms with van der Waals surface area (Å²) in [5.74, 6) is 0. The molecule has 0 unspecified atom stereocenters. The molecule has 0 saturated heterocycles. The number of benzene rings is 2. The van der Waals surface area contributed by atoms with Crippen LogP contribution in [0.3, 0.4) is 0 Å². The second-order valence-corrected chi connectivity index (χ2v) is 6.99. The largest absolute Gasteiger partial charge is 0.268 e. The predicted octanol–water partition coefficient (Wildman–Crippen LogP) is 3.60. The van der Waals surface area contributed by atoms with Gasteiger partial charge in [-0.3, -0.25) is 0 Å². The Kier molecular flexibility index (Phi) is 3.31. The number of thioether (sulfide) groups is 1. The van der Waals surface area contributed by atoms with Gasteiger partial charge in [-0.1, -0.05) is 24.3 Å². The van der Waals surface area contributed by atoms with Crippen LogP contribution in [-0.2, 0) is 10.0 Å². The topological polar surface area (TPSA) is 39.1 Å². The molecule has 5 heteroatoms. The van der Waals surface area contributed by atoms with Crippen molar-refractivity contribution in [3.8, 4) is 0 Å². The van der Waals surface area contributed by atoms with Gasteiger partial charge in [0.25, 0.3) is 10.0 Å². The molecule has 0 spiro atoms. The van der Waals surface area contributed by atoms with E-state index in [4.69, 9.17) is 0 Å². The maximum Gasteiger partial charge on any atom is 0.268 e. The first-order chi connectivity index (χ1) is 9.64. The lowest BCUT2D eigenvalue weighted by Gasteiger charge is -2.08. The number of aromatic nitrogens is 1. The summed E-state index contributed by atoms with van der Waals surface area (Å²) in [6.45, 7) is 0. The number of fused-ring (bicyclic) bond motifs is 1. The summed E-state index contributed by atoms with van der Waals surface area (Å²) < 4.78 is 26.7. The number of nitrogens with zero attached hydrogens (tertiary/aromatic N) is 1. The molecule has 0 radical (unpaired) electrons. The van der Waals surface area contributed by atoms with Crippen molar-refractivity contribution < 1.29 is 8.42 Å². The second-order valence-electron chi connectivity index (χ2n) is 4.32. The van der Waals surface area contributed by atoms with E-state index in [9.17, 15) is 8.42 Å². The Labute approximate surface area is 122 Å². The zero-order valence-corrected chi connectivity index (χ0v) is 12.5. The molecule has 0 amide bonds. The van der Waals surface area contributed by atoms with E-state index in [2.05, 4.69) is 0 Å². The molecular weight excluding hydrogens is 290 g/mol. The monoisotopic (exact) mass is 303 g/mol. The molecule has 0 atom stereocenters. The van der Waals surface area contributed by atoms with E-state index in [1.54, 1.807) is 48.3 Å². The summed E-state index contributed by atoms with van der Waals surface area (Å²) in [5.41, 5.74) is 0.709. The Bertz CT molecular complexity index is 852. The van der Waals surface area contributed by atoms with Crippen LogP contribution >= 0.6 is 11.8 Å². The lowest BCUT2D eigenvalue weighted by molar-refractivity contribution is 0.589. The van der Waals surface area contributed by atoms with Gasteiger partial charge < -0.3 is 0 Å². The molecule has 102 valence electrons. The molecule has 3 aromatic rings. The average molecular weight is 303 g/mol. The smallest absolute Gasteiger partial charge is 0.241 e. The molecule has 0 fully saturated rings. The van der Waals surface area contributed by atoms with Crippen molar-refractivity contribution in [3.63, 3.8) is 0 Å². The van der Waals surface area contributed by atoms with Crippen molar-refractivity contribution in [1.29, 1.82) is 0 Å². The molecular formula is C15H13NO2S2. The van der Waals surface area contributed by atoms with Crippen LogP contribution in [0.1, 0.15) is 0 Å². The summed E-state index contributed by atoms with van der Waals surface area (Å²) in [7, 11) is -3.54. The quantitative estimate of drug-likeness (QED) is 0.694. The van der Waals surface area contributed by atoms with E-state index < -0.39 is 10.0 Å². The third-order valence-electron chi connectivity index (χ3n) is 3.18. The van der Waals surface area contributed by atoms with Gasteiger partial charge >= 0.3 is 0 Å². The summed E-state index contributed by atoms with van der Waals surface area (Å²) in [4.78, 5) is 1.37.